The molecule has 1 aliphatic carbocycles. The Labute approximate surface area is 131 Å². The molecular formula is C12H20N2O5S2. The highest BCUT2D eigenvalue weighted by Crippen LogP contribution is 2.39. The molecule has 0 aromatic rings. The SMILES string of the molecule is CCC(=O)NCCSSC1CCC([N+](=O)[O-])C(C(=O)O)C1. The molecule has 0 aromatic heterocycles. The van der Waals surface area contributed by atoms with E-state index in [0.717, 1.165) is 5.75 Å². The Morgan fingerprint density at radius 3 is 2.71 bits per heavy atom. The summed E-state index contributed by atoms with van der Waals surface area (Å²) in [7, 11) is 3.15. The maximum Gasteiger partial charge on any atom is 0.313 e. The quantitative estimate of drug-likeness (QED) is 0.301. The number of nitrogens with zero attached hydrogens (tertiary/aromatic N) is 1. The molecule has 120 valence electrons. The lowest BCUT2D eigenvalue weighted by Crippen LogP contribution is -2.40. The van der Waals surface area contributed by atoms with Crippen LogP contribution in [0.15, 0.2) is 0 Å². The van der Waals surface area contributed by atoms with Gasteiger partial charge < -0.3 is 10.4 Å². The van der Waals surface area contributed by atoms with Crippen molar-refractivity contribution in [2.75, 3.05) is 12.3 Å². The number of carbonyl (C=O) groups excluding carboxylic acids is 1. The van der Waals surface area contributed by atoms with Crippen molar-refractivity contribution in [3.8, 4) is 0 Å². The lowest BCUT2D eigenvalue weighted by Gasteiger charge is -2.28. The fourth-order valence-corrected chi connectivity index (χ4v) is 4.86. The lowest BCUT2D eigenvalue weighted by atomic mass is 9.84. The lowest BCUT2D eigenvalue weighted by molar-refractivity contribution is -0.532. The molecule has 1 rings (SSSR count). The Bertz CT molecular complexity index is 394. The van der Waals surface area contributed by atoms with Crippen LogP contribution >= 0.6 is 21.6 Å². The monoisotopic (exact) mass is 336 g/mol. The molecule has 1 saturated carbocycles. The van der Waals surface area contributed by atoms with Crippen LogP contribution in [0.4, 0.5) is 0 Å². The summed E-state index contributed by atoms with van der Waals surface area (Å²) in [6, 6.07) is -0.965. The first-order valence-electron chi connectivity index (χ1n) is 6.87. The van der Waals surface area contributed by atoms with E-state index in [1.807, 2.05) is 0 Å². The molecule has 1 fully saturated rings. The highest BCUT2D eigenvalue weighted by molar-refractivity contribution is 8.76. The number of carboxylic acids is 1. The normalized spacial score (nSPS) is 25.3. The fourth-order valence-electron chi connectivity index (χ4n) is 2.22. The van der Waals surface area contributed by atoms with E-state index in [9.17, 15) is 19.7 Å². The molecular weight excluding hydrogens is 316 g/mol. The average Bonchev–Trinajstić information content (AvgIpc) is 2.46. The van der Waals surface area contributed by atoms with Crippen molar-refractivity contribution >= 4 is 33.5 Å². The van der Waals surface area contributed by atoms with E-state index in [-0.39, 0.29) is 11.2 Å². The second-order valence-electron chi connectivity index (χ2n) is 4.85. The van der Waals surface area contributed by atoms with Crippen molar-refractivity contribution in [3.05, 3.63) is 10.1 Å². The molecule has 0 radical (unpaired) electrons. The highest BCUT2D eigenvalue weighted by Gasteiger charge is 2.42. The molecule has 0 bridgehead atoms. The number of aliphatic carboxylic acids is 1. The summed E-state index contributed by atoms with van der Waals surface area (Å²) in [5, 5.41) is 22.8. The molecule has 21 heavy (non-hydrogen) atoms. The van der Waals surface area contributed by atoms with Crippen LogP contribution in [-0.2, 0) is 9.59 Å². The Morgan fingerprint density at radius 1 is 1.43 bits per heavy atom. The van der Waals surface area contributed by atoms with Gasteiger partial charge in [0.2, 0.25) is 11.9 Å². The minimum atomic E-state index is -1.08. The number of nitro groups is 1. The Hall–Kier alpha value is -0.960. The number of rotatable bonds is 8. The molecule has 0 spiro atoms. The number of nitrogens with one attached hydrogen (secondary N) is 1. The highest BCUT2D eigenvalue weighted by atomic mass is 33.1. The van der Waals surface area contributed by atoms with Gasteiger partial charge in [-0.1, -0.05) is 28.5 Å². The Morgan fingerprint density at radius 2 is 2.14 bits per heavy atom. The fraction of sp³-hybridized carbons (Fsp3) is 0.833. The van der Waals surface area contributed by atoms with Crippen LogP contribution < -0.4 is 5.32 Å². The van der Waals surface area contributed by atoms with Gasteiger partial charge in [-0.15, -0.1) is 0 Å². The van der Waals surface area contributed by atoms with E-state index in [2.05, 4.69) is 5.32 Å². The van der Waals surface area contributed by atoms with Crippen molar-refractivity contribution in [1.82, 2.24) is 5.32 Å². The van der Waals surface area contributed by atoms with Crippen LogP contribution in [0.1, 0.15) is 32.6 Å². The molecule has 0 saturated heterocycles. The molecule has 0 heterocycles. The van der Waals surface area contributed by atoms with E-state index in [1.165, 1.54) is 0 Å². The maximum absolute atomic E-state index is 11.1. The number of carbonyl (C=O) groups is 2. The zero-order valence-electron chi connectivity index (χ0n) is 11.8. The van der Waals surface area contributed by atoms with Crippen molar-refractivity contribution in [2.45, 2.75) is 43.9 Å². The zero-order chi connectivity index (χ0) is 15.8. The third kappa shape index (κ3) is 6.13. The molecule has 1 amide bonds. The zero-order valence-corrected chi connectivity index (χ0v) is 13.5. The largest absolute Gasteiger partial charge is 0.481 e. The second-order valence-corrected chi connectivity index (χ2v) is 7.64. The van der Waals surface area contributed by atoms with Crippen molar-refractivity contribution in [2.24, 2.45) is 5.92 Å². The summed E-state index contributed by atoms with van der Waals surface area (Å²) in [6.45, 7) is 2.37. The number of carboxylic acid groups (broad SMARTS) is 1. The van der Waals surface area contributed by atoms with Gasteiger partial charge in [-0.3, -0.25) is 19.7 Å². The molecule has 3 atom stereocenters. The molecule has 2 N–H and O–H groups in total. The first-order valence-corrected chi connectivity index (χ1v) is 9.25. The van der Waals surface area contributed by atoms with Gasteiger partial charge in [0.05, 0.1) is 0 Å². The summed E-state index contributed by atoms with van der Waals surface area (Å²) in [5.74, 6) is -1.23. The minimum Gasteiger partial charge on any atom is -0.481 e. The van der Waals surface area contributed by atoms with Gasteiger partial charge >= 0.3 is 5.97 Å². The Kier molecular flexibility index (Phi) is 7.87. The number of hydrogen-bond donors (Lipinski definition) is 2. The third-order valence-corrected chi connectivity index (χ3v) is 6.32. The van der Waals surface area contributed by atoms with Crippen LogP contribution in [0, 0.1) is 16.0 Å². The van der Waals surface area contributed by atoms with Gasteiger partial charge in [0, 0.05) is 35.3 Å². The number of amides is 1. The first-order chi connectivity index (χ1) is 9.95. The molecule has 3 unspecified atom stereocenters. The molecule has 7 nitrogen and oxygen atoms in total. The summed E-state index contributed by atoms with van der Waals surface area (Å²) in [4.78, 5) is 32.6. The summed E-state index contributed by atoms with van der Waals surface area (Å²) < 4.78 is 0. The second kappa shape index (κ2) is 9.14. The molecule has 0 aliphatic heterocycles. The standard InChI is InChI=1S/C12H20N2O5S2/c1-2-11(15)13-5-6-20-21-8-3-4-10(14(18)19)9(7-8)12(16)17/h8-10H,2-7H2,1H3,(H,13,15)(H,16,17). The van der Waals surface area contributed by atoms with Crippen LogP contribution in [0.5, 0.6) is 0 Å². The smallest absolute Gasteiger partial charge is 0.313 e. The summed E-state index contributed by atoms with van der Waals surface area (Å²) in [5.41, 5.74) is 0. The summed E-state index contributed by atoms with van der Waals surface area (Å²) >= 11 is 0. The van der Waals surface area contributed by atoms with E-state index in [1.54, 1.807) is 28.5 Å². The van der Waals surface area contributed by atoms with E-state index < -0.39 is 22.9 Å². The average molecular weight is 336 g/mol. The van der Waals surface area contributed by atoms with Crippen LogP contribution in [0.3, 0.4) is 0 Å². The topological polar surface area (TPSA) is 110 Å². The van der Waals surface area contributed by atoms with Gasteiger partial charge in [-0.25, -0.2) is 0 Å². The Balaban J connectivity index is 2.30. The molecule has 1 aliphatic rings. The van der Waals surface area contributed by atoms with Gasteiger partial charge in [0.15, 0.2) is 0 Å². The molecule has 0 aromatic carbocycles. The van der Waals surface area contributed by atoms with Crippen molar-refractivity contribution in [1.29, 1.82) is 0 Å². The van der Waals surface area contributed by atoms with Gasteiger partial charge in [0.25, 0.3) is 0 Å². The van der Waals surface area contributed by atoms with Gasteiger partial charge in [-0.05, 0) is 12.8 Å². The van der Waals surface area contributed by atoms with Crippen LogP contribution in [0.25, 0.3) is 0 Å². The predicted octanol–water partition coefficient (Wildman–Crippen LogP) is 1.79. The van der Waals surface area contributed by atoms with Crippen molar-refractivity contribution in [3.63, 3.8) is 0 Å². The minimum absolute atomic E-state index is 0.0121. The van der Waals surface area contributed by atoms with Gasteiger partial charge in [-0.2, -0.15) is 0 Å². The van der Waals surface area contributed by atoms with E-state index >= 15 is 0 Å². The van der Waals surface area contributed by atoms with Crippen LogP contribution in [-0.4, -0.2) is 45.5 Å². The van der Waals surface area contributed by atoms with Crippen molar-refractivity contribution < 1.29 is 19.6 Å². The number of hydrogen-bond acceptors (Lipinski definition) is 6. The maximum atomic E-state index is 11.1. The van der Waals surface area contributed by atoms with Gasteiger partial charge in [0.1, 0.15) is 5.92 Å². The van der Waals surface area contributed by atoms with E-state index in [4.69, 9.17) is 5.11 Å². The summed E-state index contributed by atoms with van der Waals surface area (Å²) in [6.07, 6.45) is 1.77. The molecule has 9 heteroatoms. The third-order valence-electron chi connectivity index (χ3n) is 3.39. The first kappa shape index (κ1) is 18.1. The van der Waals surface area contributed by atoms with Crippen LogP contribution in [0.2, 0.25) is 0 Å². The predicted molar refractivity (Wildman–Crippen MR) is 82.9 cm³/mol. The van der Waals surface area contributed by atoms with E-state index in [0.29, 0.717) is 32.2 Å².